The molecular formula is C14H20N2O2. The zero-order valence-corrected chi connectivity index (χ0v) is 10.4. The van der Waals surface area contributed by atoms with Crippen LogP contribution >= 0.6 is 0 Å². The fourth-order valence-corrected chi connectivity index (χ4v) is 1.85. The number of carbonyl (C=O) groups is 2. The normalized spacial score (nSPS) is 13.9. The molecule has 98 valence electrons. The van der Waals surface area contributed by atoms with Gasteiger partial charge in [0.05, 0.1) is 12.0 Å². The first kappa shape index (κ1) is 14.5. The SMILES string of the molecule is NCCCC[C@@H](N)C(=O)C(C=O)c1ccccc1. The van der Waals surface area contributed by atoms with Crippen molar-refractivity contribution in [2.75, 3.05) is 6.54 Å². The molecule has 0 spiro atoms. The van der Waals surface area contributed by atoms with Gasteiger partial charge in [0.1, 0.15) is 6.29 Å². The highest BCUT2D eigenvalue weighted by Crippen LogP contribution is 2.17. The van der Waals surface area contributed by atoms with Gasteiger partial charge in [-0.15, -0.1) is 0 Å². The average molecular weight is 248 g/mol. The van der Waals surface area contributed by atoms with Crippen LogP contribution in [0.3, 0.4) is 0 Å². The summed E-state index contributed by atoms with van der Waals surface area (Å²) < 4.78 is 0. The molecule has 0 saturated carbocycles. The summed E-state index contributed by atoms with van der Waals surface area (Å²) in [7, 11) is 0. The lowest BCUT2D eigenvalue weighted by Gasteiger charge is -2.15. The van der Waals surface area contributed by atoms with E-state index < -0.39 is 12.0 Å². The molecule has 2 atom stereocenters. The number of benzene rings is 1. The fraction of sp³-hybridized carbons (Fsp3) is 0.429. The largest absolute Gasteiger partial charge is 0.330 e. The van der Waals surface area contributed by atoms with Gasteiger partial charge in [-0.25, -0.2) is 0 Å². The Morgan fingerprint density at radius 1 is 1.22 bits per heavy atom. The zero-order valence-electron chi connectivity index (χ0n) is 10.4. The number of carbonyl (C=O) groups excluding carboxylic acids is 2. The van der Waals surface area contributed by atoms with Gasteiger partial charge in [0, 0.05) is 0 Å². The molecule has 4 heteroatoms. The van der Waals surface area contributed by atoms with Crippen LogP contribution in [0.5, 0.6) is 0 Å². The summed E-state index contributed by atoms with van der Waals surface area (Å²) in [5, 5.41) is 0. The topological polar surface area (TPSA) is 86.2 Å². The minimum Gasteiger partial charge on any atom is -0.330 e. The van der Waals surface area contributed by atoms with Crippen molar-refractivity contribution < 1.29 is 9.59 Å². The second kappa shape index (κ2) is 7.74. The molecule has 0 amide bonds. The first-order valence-corrected chi connectivity index (χ1v) is 6.20. The first-order chi connectivity index (χ1) is 8.70. The van der Waals surface area contributed by atoms with Crippen molar-refractivity contribution in [3.63, 3.8) is 0 Å². The smallest absolute Gasteiger partial charge is 0.164 e. The van der Waals surface area contributed by atoms with Crippen molar-refractivity contribution in [1.82, 2.24) is 0 Å². The molecule has 0 saturated heterocycles. The Kier molecular flexibility index (Phi) is 6.25. The summed E-state index contributed by atoms with van der Waals surface area (Å²) >= 11 is 0. The van der Waals surface area contributed by atoms with Gasteiger partial charge < -0.3 is 16.3 Å². The lowest BCUT2D eigenvalue weighted by Crippen LogP contribution is -2.35. The van der Waals surface area contributed by atoms with Crippen LogP contribution in [0.25, 0.3) is 0 Å². The molecular weight excluding hydrogens is 228 g/mol. The van der Waals surface area contributed by atoms with Crippen molar-refractivity contribution in [1.29, 1.82) is 0 Å². The van der Waals surface area contributed by atoms with Gasteiger partial charge in [-0.1, -0.05) is 36.8 Å². The number of Topliss-reactive ketones (excluding diaryl/α,β-unsaturated/α-hetero) is 1. The van der Waals surface area contributed by atoms with Gasteiger partial charge in [-0.2, -0.15) is 0 Å². The van der Waals surface area contributed by atoms with Crippen molar-refractivity contribution in [2.24, 2.45) is 11.5 Å². The van der Waals surface area contributed by atoms with Crippen molar-refractivity contribution in [3.8, 4) is 0 Å². The van der Waals surface area contributed by atoms with E-state index in [0.29, 0.717) is 24.8 Å². The summed E-state index contributed by atoms with van der Waals surface area (Å²) in [4.78, 5) is 23.2. The van der Waals surface area contributed by atoms with E-state index in [9.17, 15) is 9.59 Å². The van der Waals surface area contributed by atoms with Crippen molar-refractivity contribution in [3.05, 3.63) is 35.9 Å². The third-order valence-electron chi connectivity index (χ3n) is 2.94. The van der Waals surface area contributed by atoms with Gasteiger partial charge in [-0.05, 0) is 24.9 Å². The van der Waals surface area contributed by atoms with Crippen LogP contribution in [-0.2, 0) is 9.59 Å². The molecule has 1 aromatic rings. The summed E-state index contributed by atoms with van der Waals surface area (Å²) in [6.45, 7) is 0.594. The zero-order chi connectivity index (χ0) is 13.4. The third-order valence-corrected chi connectivity index (χ3v) is 2.94. The molecule has 4 N–H and O–H groups in total. The molecule has 1 unspecified atom stereocenters. The number of rotatable bonds is 8. The first-order valence-electron chi connectivity index (χ1n) is 6.20. The maximum absolute atomic E-state index is 12.1. The summed E-state index contributed by atoms with van der Waals surface area (Å²) in [5.41, 5.74) is 11.9. The second-order valence-electron chi connectivity index (χ2n) is 4.32. The predicted molar refractivity (Wildman–Crippen MR) is 71.1 cm³/mol. The molecule has 0 radical (unpaired) electrons. The highest BCUT2D eigenvalue weighted by molar-refractivity contribution is 6.01. The Bertz CT molecular complexity index is 379. The molecule has 18 heavy (non-hydrogen) atoms. The Hall–Kier alpha value is -1.52. The molecule has 0 aliphatic rings. The molecule has 0 fully saturated rings. The van der Waals surface area contributed by atoms with Gasteiger partial charge in [0.15, 0.2) is 5.78 Å². The third kappa shape index (κ3) is 4.05. The van der Waals surface area contributed by atoms with Crippen LogP contribution < -0.4 is 11.5 Å². The van der Waals surface area contributed by atoms with Gasteiger partial charge >= 0.3 is 0 Å². The van der Waals surface area contributed by atoms with E-state index in [-0.39, 0.29) is 5.78 Å². The Morgan fingerprint density at radius 2 is 1.89 bits per heavy atom. The molecule has 0 bridgehead atoms. The Labute approximate surface area is 107 Å². The molecule has 4 nitrogen and oxygen atoms in total. The van der Waals surface area contributed by atoms with E-state index in [1.54, 1.807) is 24.3 Å². The van der Waals surface area contributed by atoms with Gasteiger partial charge in [-0.3, -0.25) is 4.79 Å². The van der Waals surface area contributed by atoms with Crippen LogP contribution in [0.15, 0.2) is 30.3 Å². The number of hydrogen-bond acceptors (Lipinski definition) is 4. The molecule has 0 aromatic heterocycles. The second-order valence-corrected chi connectivity index (χ2v) is 4.32. The maximum atomic E-state index is 12.1. The van der Waals surface area contributed by atoms with E-state index in [0.717, 1.165) is 12.8 Å². The molecule has 0 heterocycles. The van der Waals surface area contributed by atoms with E-state index in [1.165, 1.54) is 0 Å². The number of hydrogen-bond donors (Lipinski definition) is 2. The van der Waals surface area contributed by atoms with Crippen LogP contribution in [0.2, 0.25) is 0 Å². The average Bonchev–Trinajstić information content (AvgIpc) is 2.41. The van der Waals surface area contributed by atoms with Crippen LogP contribution in [0, 0.1) is 0 Å². The monoisotopic (exact) mass is 248 g/mol. The van der Waals surface area contributed by atoms with Gasteiger partial charge in [0.25, 0.3) is 0 Å². The van der Waals surface area contributed by atoms with Crippen molar-refractivity contribution >= 4 is 12.1 Å². The van der Waals surface area contributed by atoms with E-state index >= 15 is 0 Å². The lowest BCUT2D eigenvalue weighted by atomic mass is 9.90. The number of aldehydes is 1. The quantitative estimate of drug-likeness (QED) is 0.408. The van der Waals surface area contributed by atoms with E-state index in [1.807, 2.05) is 6.07 Å². The molecule has 0 aliphatic carbocycles. The minimum atomic E-state index is -0.751. The number of unbranched alkanes of at least 4 members (excludes halogenated alkanes) is 1. The molecule has 0 aliphatic heterocycles. The molecule has 1 aromatic carbocycles. The van der Waals surface area contributed by atoms with E-state index in [4.69, 9.17) is 11.5 Å². The van der Waals surface area contributed by atoms with E-state index in [2.05, 4.69) is 0 Å². The van der Waals surface area contributed by atoms with Crippen LogP contribution in [0.4, 0.5) is 0 Å². The number of ketones is 1. The summed E-state index contributed by atoms with van der Waals surface area (Å²) in [6.07, 6.45) is 2.90. The highest BCUT2D eigenvalue weighted by Gasteiger charge is 2.24. The van der Waals surface area contributed by atoms with Crippen LogP contribution in [0.1, 0.15) is 30.7 Å². The summed E-state index contributed by atoms with van der Waals surface area (Å²) in [6, 6.07) is 8.40. The Morgan fingerprint density at radius 3 is 2.44 bits per heavy atom. The maximum Gasteiger partial charge on any atom is 0.164 e. The lowest BCUT2D eigenvalue weighted by molar-refractivity contribution is -0.125. The summed E-state index contributed by atoms with van der Waals surface area (Å²) in [5.74, 6) is -0.965. The minimum absolute atomic E-state index is 0.215. The van der Waals surface area contributed by atoms with Gasteiger partial charge in [0.2, 0.25) is 0 Å². The van der Waals surface area contributed by atoms with Crippen molar-refractivity contribution in [2.45, 2.75) is 31.2 Å². The number of nitrogens with two attached hydrogens (primary N) is 2. The highest BCUT2D eigenvalue weighted by atomic mass is 16.1. The standard InChI is InChI=1S/C14H20N2O2/c15-9-5-4-8-13(16)14(18)12(10-17)11-6-2-1-3-7-11/h1-3,6-7,10,12-13H,4-5,8-9,15-16H2/t12?,13-/m1/s1. The molecule has 1 rings (SSSR count). The predicted octanol–water partition coefficient (Wildman–Crippen LogP) is 0.995. The Balaban J connectivity index is 2.65. The fourth-order valence-electron chi connectivity index (χ4n) is 1.85. The van der Waals surface area contributed by atoms with Crippen LogP contribution in [-0.4, -0.2) is 24.7 Å².